The molecule has 3 aromatic rings. The molecular weight excluding hydrogens is 476 g/mol. The summed E-state index contributed by atoms with van der Waals surface area (Å²) in [6.45, 7) is 0. The van der Waals surface area contributed by atoms with Gasteiger partial charge in [0.15, 0.2) is 5.78 Å². The van der Waals surface area contributed by atoms with Gasteiger partial charge in [-0.15, -0.1) is 0 Å². The van der Waals surface area contributed by atoms with Crippen molar-refractivity contribution in [1.29, 1.82) is 0 Å². The van der Waals surface area contributed by atoms with Gasteiger partial charge in [0.2, 0.25) is 10.0 Å². The maximum absolute atomic E-state index is 12.8. The number of nitrogens with two attached hydrogens (primary N) is 1. The zero-order chi connectivity index (χ0) is 21.0. The number of hydrogen-bond donors (Lipinski definition) is 2. The van der Waals surface area contributed by atoms with Gasteiger partial charge >= 0.3 is 0 Å². The molecule has 0 radical (unpaired) electrons. The van der Waals surface area contributed by atoms with Gasteiger partial charge in [-0.05, 0) is 54.1 Å². The first-order chi connectivity index (χ1) is 13.7. The number of rotatable bonds is 7. The zero-order valence-electron chi connectivity index (χ0n) is 15.2. The van der Waals surface area contributed by atoms with Crippen LogP contribution < -0.4 is 10.5 Å². The SMILES string of the molecule is NS(=O)(=O)c1ccc(NC(CC(=O)c2ccc(Br)cc2)c2ccc(Cl)cc2)cc1. The minimum absolute atomic E-state index is 0.0221. The van der Waals surface area contributed by atoms with Crippen molar-refractivity contribution in [2.45, 2.75) is 17.4 Å². The second-order valence-electron chi connectivity index (χ2n) is 6.45. The number of hydrogen-bond acceptors (Lipinski definition) is 4. The van der Waals surface area contributed by atoms with E-state index < -0.39 is 10.0 Å². The van der Waals surface area contributed by atoms with Crippen molar-refractivity contribution in [3.8, 4) is 0 Å². The summed E-state index contributed by atoms with van der Waals surface area (Å²) < 4.78 is 23.8. The quantitative estimate of drug-likeness (QED) is 0.444. The average Bonchev–Trinajstić information content (AvgIpc) is 2.68. The molecule has 3 aromatic carbocycles. The predicted octanol–water partition coefficient (Wildman–Crippen LogP) is 5.18. The van der Waals surface area contributed by atoms with E-state index >= 15 is 0 Å². The summed E-state index contributed by atoms with van der Waals surface area (Å²) in [7, 11) is -3.76. The lowest BCUT2D eigenvalue weighted by Gasteiger charge is -2.20. The summed E-state index contributed by atoms with van der Waals surface area (Å²) in [4.78, 5) is 12.8. The van der Waals surface area contributed by atoms with Crippen LogP contribution in [0.25, 0.3) is 0 Å². The molecule has 0 bridgehead atoms. The molecule has 0 amide bonds. The summed E-state index contributed by atoms with van der Waals surface area (Å²) in [6.07, 6.45) is 0.209. The molecule has 0 aliphatic rings. The van der Waals surface area contributed by atoms with E-state index in [1.807, 2.05) is 24.3 Å². The lowest BCUT2D eigenvalue weighted by molar-refractivity contribution is 0.0976. The van der Waals surface area contributed by atoms with Crippen molar-refractivity contribution in [2.75, 3.05) is 5.32 Å². The third-order valence-electron chi connectivity index (χ3n) is 4.35. The van der Waals surface area contributed by atoms with Crippen LogP contribution in [0.3, 0.4) is 0 Å². The molecule has 0 heterocycles. The van der Waals surface area contributed by atoms with Crippen molar-refractivity contribution < 1.29 is 13.2 Å². The molecular formula is C21H18BrClN2O3S. The number of carbonyl (C=O) groups is 1. The predicted molar refractivity (Wildman–Crippen MR) is 119 cm³/mol. The Hall–Kier alpha value is -2.19. The summed E-state index contributed by atoms with van der Waals surface area (Å²) in [5.41, 5.74) is 2.16. The number of benzene rings is 3. The number of nitrogens with one attached hydrogen (secondary N) is 1. The highest BCUT2D eigenvalue weighted by Gasteiger charge is 2.18. The molecule has 0 fully saturated rings. The highest BCUT2D eigenvalue weighted by Crippen LogP contribution is 2.27. The lowest BCUT2D eigenvalue weighted by atomic mass is 9.97. The average molecular weight is 494 g/mol. The van der Waals surface area contributed by atoms with Gasteiger partial charge in [-0.25, -0.2) is 13.6 Å². The molecule has 5 nitrogen and oxygen atoms in total. The first-order valence-corrected chi connectivity index (χ1v) is 11.4. The number of primary sulfonamides is 1. The highest BCUT2D eigenvalue weighted by atomic mass is 79.9. The molecule has 0 aliphatic heterocycles. The van der Waals surface area contributed by atoms with Gasteiger partial charge in [0.05, 0.1) is 10.9 Å². The Balaban J connectivity index is 1.86. The Labute approximate surface area is 183 Å². The molecule has 0 spiro atoms. The normalized spacial score (nSPS) is 12.4. The molecule has 0 aromatic heterocycles. The number of carbonyl (C=O) groups excluding carboxylic acids is 1. The summed E-state index contributed by atoms with van der Waals surface area (Å²) in [5.74, 6) is -0.0221. The van der Waals surface area contributed by atoms with Crippen LogP contribution in [0.4, 0.5) is 5.69 Å². The van der Waals surface area contributed by atoms with E-state index in [-0.39, 0.29) is 23.1 Å². The van der Waals surface area contributed by atoms with Crippen molar-refractivity contribution in [3.05, 3.63) is 93.4 Å². The Morgan fingerprint density at radius 1 is 0.966 bits per heavy atom. The summed E-state index contributed by atoms with van der Waals surface area (Å²) in [5, 5.41) is 9.04. The van der Waals surface area contributed by atoms with E-state index in [9.17, 15) is 13.2 Å². The molecule has 0 saturated heterocycles. The maximum atomic E-state index is 12.8. The first kappa shape index (κ1) is 21.5. The highest BCUT2D eigenvalue weighted by molar-refractivity contribution is 9.10. The van der Waals surface area contributed by atoms with Crippen molar-refractivity contribution in [2.24, 2.45) is 5.14 Å². The maximum Gasteiger partial charge on any atom is 0.238 e. The molecule has 29 heavy (non-hydrogen) atoms. The molecule has 3 N–H and O–H groups in total. The van der Waals surface area contributed by atoms with Gasteiger partial charge < -0.3 is 5.32 Å². The van der Waals surface area contributed by atoms with Crippen LogP contribution in [0.1, 0.15) is 28.4 Å². The van der Waals surface area contributed by atoms with Crippen molar-refractivity contribution >= 4 is 49.0 Å². The minimum atomic E-state index is -3.76. The summed E-state index contributed by atoms with van der Waals surface area (Å²) >= 11 is 9.36. The zero-order valence-corrected chi connectivity index (χ0v) is 18.3. The van der Waals surface area contributed by atoms with E-state index in [0.29, 0.717) is 16.3 Å². The van der Waals surface area contributed by atoms with Gasteiger partial charge in [0, 0.05) is 27.2 Å². The fourth-order valence-electron chi connectivity index (χ4n) is 2.83. The molecule has 0 aliphatic carbocycles. The van der Waals surface area contributed by atoms with Crippen molar-refractivity contribution in [3.63, 3.8) is 0 Å². The second-order valence-corrected chi connectivity index (χ2v) is 9.37. The third kappa shape index (κ3) is 5.90. The Morgan fingerprint density at radius 2 is 1.55 bits per heavy atom. The van der Waals surface area contributed by atoms with E-state index in [1.54, 1.807) is 36.4 Å². The van der Waals surface area contributed by atoms with Gasteiger partial charge in [-0.3, -0.25) is 4.79 Å². The Morgan fingerprint density at radius 3 is 2.10 bits per heavy atom. The Kier molecular flexibility index (Phi) is 6.74. The van der Waals surface area contributed by atoms with Crippen molar-refractivity contribution in [1.82, 2.24) is 0 Å². The van der Waals surface area contributed by atoms with Crippen LogP contribution >= 0.6 is 27.5 Å². The van der Waals surface area contributed by atoms with Crippen LogP contribution in [0, 0.1) is 0 Å². The minimum Gasteiger partial charge on any atom is -0.378 e. The van der Waals surface area contributed by atoms with Crippen LogP contribution in [-0.2, 0) is 10.0 Å². The van der Waals surface area contributed by atoms with Gasteiger partial charge in [0.1, 0.15) is 0 Å². The fraction of sp³-hybridized carbons (Fsp3) is 0.0952. The number of Topliss-reactive ketones (excluding diaryl/α,β-unsaturated/α-hetero) is 1. The lowest BCUT2D eigenvalue weighted by Crippen LogP contribution is -2.16. The van der Waals surface area contributed by atoms with E-state index in [2.05, 4.69) is 21.2 Å². The monoisotopic (exact) mass is 492 g/mol. The number of halogens is 2. The van der Waals surface area contributed by atoms with Crippen LogP contribution in [0.5, 0.6) is 0 Å². The number of ketones is 1. The molecule has 3 rings (SSSR count). The molecule has 1 atom stereocenters. The Bertz CT molecular complexity index is 1100. The van der Waals surface area contributed by atoms with Gasteiger partial charge in [-0.1, -0.05) is 51.8 Å². The van der Waals surface area contributed by atoms with Crippen LogP contribution in [0.2, 0.25) is 5.02 Å². The van der Waals surface area contributed by atoms with E-state index in [0.717, 1.165) is 10.0 Å². The third-order valence-corrected chi connectivity index (χ3v) is 6.06. The van der Waals surface area contributed by atoms with Crippen LogP contribution in [-0.4, -0.2) is 14.2 Å². The number of sulfonamides is 1. The number of anilines is 1. The van der Waals surface area contributed by atoms with E-state index in [4.69, 9.17) is 16.7 Å². The molecule has 8 heteroatoms. The standard InChI is InChI=1S/C21H18BrClN2O3S/c22-16-5-1-15(2-6-16)21(26)13-20(14-3-7-17(23)8-4-14)25-18-9-11-19(12-10-18)29(24,27)28/h1-12,20,25H,13H2,(H2,24,27,28). The topological polar surface area (TPSA) is 89.3 Å². The molecule has 0 saturated carbocycles. The van der Waals surface area contributed by atoms with Crippen LogP contribution in [0.15, 0.2) is 82.2 Å². The summed E-state index contributed by atoms with van der Waals surface area (Å²) in [6, 6.07) is 20.2. The first-order valence-electron chi connectivity index (χ1n) is 8.66. The largest absolute Gasteiger partial charge is 0.378 e. The smallest absolute Gasteiger partial charge is 0.238 e. The van der Waals surface area contributed by atoms with E-state index in [1.165, 1.54) is 12.1 Å². The fourth-order valence-corrected chi connectivity index (χ4v) is 3.73. The van der Waals surface area contributed by atoms with Gasteiger partial charge in [0.25, 0.3) is 0 Å². The van der Waals surface area contributed by atoms with Gasteiger partial charge in [-0.2, -0.15) is 0 Å². The molecule has 150 valence electrons. The molecule has 1 unspecified atom stereocenters. The second kappa shape index (κ2) is 9.09.